The van der Waals surface area contributed by atoms with Crippen LogP contribution in [0.2, 0.25) is 0 Å². The van der Waals surface area contributed by atoms with Crippen molar-refractivity contribution >= 4 is 22.4 Å². The van der Waals surface area contributed by atoms with Gasteiger partial charge in [-0.2, -0.15) is 0 Å². The molecule has 0 aliphatic carbocycles. The number of nitrogens with zero attached hydrogens (tertiary/aromatic N) is 2. The summed E-state index contributed by atoms with van der Waals surface area (Å²) in [6.07, 6.45) is 3.63. The minimum Gasteiger partial charge on any atom is -0.465 e. The van der Waals surface area contributed by atoms with E-state index in [9.17, 15) is 4.79 Å². The predicted octanol–water partition coefficient (Wildman–Crippen LogP) is 3.00. The Morgan fingerprint density at radius 3 is 2.84 bits per heavy atom. The molecule has 1 aromatic heterocycles. The van der Waals surface area contributed by atoms with Gasteiger partial charge in [0.2, 0.25) is 0 Å². The molecule has 0 fully saturated rings. The molecule has 3 rings (SSSR count). The molecule has 2 aromatic rings. The second-order valence-corrected chi connectivity index (χ2v) is 4.59. The molecule has 4 nitrogen and oxygen atoms in total. The summed E-state index contributed by atoms with van der Waals surface area (Å²) in [6, 6.07) is 10.1. The Kier molecular flexibility index (Phi) is 2.91. The van der Waals surface area contributed by atoms with Gasteiger partial charge in [0.25, 0.3) is 0 Å². The lowest BCUT2D eigenvalue weighted by atomic mass is 9.99. The number of pyridine rings is 1. The van der Waals surface area contributed by atoms with Gasteiger partial charge in [-0.3, -0.25) is 4.98 Å². The van der Waals surface area contributed by atoms with Gasteiger partial charge in [-0.1, -0.05) is 30.3 Å². The molecule has 0 atom stereocenters. The lowest BCUT2D eigenvalue weighted by molar-refractivity contribution is 0.150. The molecule has 2 heterocycles. The third-order valence-electron chi connectivity index (χ3n) is 3.46. The maximum absolute atomic E-state index is 10.9. The fourth-order valence-electron chi connectivity index (χ4n) is 2.43. The molecule has 4 heteroatoms. The second-order valence-electron chi connectivity index (χ2n) is 4.59. The van der Waals surface area contributed by atoms with E-state index in [2.05, 4.69) is 17.1 Å². The molecule has 19 heavy (non-hydrogen) atoms. The minimum absolute atomic E-state index is 0.440. The van der Waals surface area contributed by atoms with E-state index >= 15 is 0 Å². The van der Waals surface area contributed by atoms with Crippen LogP contribution in [0, 0.1) is 0 Å². The Bertz CT molecular complexity index is 659. The number of fused-ring (bicyclic) bond motifs is 1. The van der Waals surface area contributed by atoms with Crippen molar-refractivity contribution in [3.63, 3.8) is 0 Å². The first kappa shape index (κ1) is 11.7. The van der Waals surface area contributed by atoms with Gasteiger partial charge in [-0.25, -0.2) is 4.79 Å². The van der Waals surface area contributed by atoms with Gasteiger partial charge in [0.15, 0.2) is 0 Å². The van der Waals surface area contributed by atoms with Crippen LogP contribution in [0.1, 0.15) is 12.1 Å². The van der Waals surface area contributed by atoms with Gasteiger partial charge < -0.3 is 10.0 Å². The van der Waals surface area contributed by atoms with Crippen LogP contribution in [0.5, 0.6) is 0 Å². The van der Waals surface area contributed by atoms with Crippen molar-refractivity contribution in [3.8, 4) is 0 Å². The zero-order chi connectivity index (χ0) is 13.2. The summed E-state index contributed by atoms with van der Waals surface area (Å²) in [5.74, 6) is 0. The standard InChI is InChI=1S/C15H14N2O2/c18-15(19)17-9-6-12(7-10-17)14-13-4-2-1-3-11(13)5-8-16-14/h1-6,8H,7,9-10H2,(H,18,19). The molecule has 1 amide bonds. The van der Waals surface area contributed by atoms with Crippen molar-refractivity contribution in [1.29, 1.82) is 0 Å². The Labute approximate surface area is 111 Å². The third kappa shape index (κ3) is 2.17. The van der Waals surface area contributed by atoms with E-state index in [0.29, 0.717) is 19.5 Å². The molecule has 0 saturated carbocycles. The fourth-order valence-corrected chi connectivity index (χ4v) is 2.43. The predicted molar refractivity (Wildman–Crippen MR) is 73.9 cm³/mol. The van der Waals surface area contributed by atoms with Gasteiger partial charge >= 0.3 is 6.09 Å². The van der Waals surface area contributed by atoms with Gasteiger partial charge in [0.05, 0.1) is 5.69 Å². The summed E-state index contributed by atoms with van der Waals surface area (Å²) in [7, 11) is 0. The molecule has 0 spiro atoms. The lowest BCUT2D eigenvalue weighted by Crippen LogP contribution is -2.33. The first-order valence-electron chi connectivity index (χ1n) is 6.27. The first-order chi connectivity index (χ1) is 9.25. The van der Waals surface area contributed by atoms with Crippen molar-refractivity contribution in [2.24, 2.45) is 0 Å². The summed E-state index contributed by atoms with van der Waals surface area (Å²) >= 11 is 0. The SMILES string of the molecule is O=C(O)N1CC=C(c2nccc3ccccc23)CC1. The van der Waals surface area contributed by atoms with Gasteiger partial charge in [-0.05, 0) is 23.4 Å². The number of amides is 1. The van der Waals surface area contributed by atoms with Crippen molar-refractivity contribution in [1.82, 2.24) is 9.88 Å². The van der Waals surface area contributed by atoms with Crippen LogP contribution in [0.15, 0.2) is 42.6 Å². The summed E-state index contributed by atoms with van der Waals surface area (Å²) in [4.78, 5) is 16.8. The van der Waals surface area contributed by atoms with E-state index in [-0.39, 0.29) is 0 Å². The van der Waals surface area contributed by atoms with E-state index in [0.717, 1.165) is 22.0 Å². The van der Waals surface area contributed by atoms with Crippen LogP contribution < -0.4 is 0 Å². The third-order valence-corrected chi connectivity index (χ3v) is 3.46. The van der Waals surface area contributed by atoms with Gasteiger partial charge in [0.1, 0.15) is 0 Å². The molecule has 1 aliphatic heterocycles. The number of benzene rings is 1. The highest BCUT2D eigenvalue weighted by Crippen LogP contribution is 2.27. The molecular formula is C15H14N2O2. The van der Waals surface area contributed by atoms with Crippen LogP contribution in [-0.4, -0.2) is 34.2 Å². The second kappa shape index (κ2) is 4.72. The van der Waals surface area contributed by atoms with E-state index in [1.54, 1.807) is 0 Å². The van der Waals surface area contributed by atoms with Crippen molar-refractivity contribution in [3.05, 3.63) is 48.3 Å². The van der Waals surface area contributed by atoms with Crippen molar-refractivity contribution in [2.75, 3.05) is 13.1 Å². The number of aromatic nitrogens is 1. The van der Waals surface area contributed by atoms with E-state index in [4.69, 9.17) is 5.11 Å². The van der Waals surface area contributed by atoms with Crippen molar-refractivity contribution in [2.45, 2.75) is 6.42 Å². The van der Waals surface area contributed by atoms with Gasteiger partial charge in [-0.15, -0.1) is 0 Å². The molecular weight excluding hydrogens is 240 g/mol. The highest BCUT2D eigenvalue weighted by Gasteiger charge is 2.18. The van der Waals surface area contributed by atoms with E-state index in [1.807, 2.05) is 30.5 Å². The molecule has 1 aliphatic rings. The summed E-state index contributed by atoms with van der Waals surface area (Å²) < 4.78 is 0. The summed E-state index contributed by atoms with van der Waals surface area (Å²) in [5.41, 5.74) is 2.11. The highest BCUT2D eigenvalue weighted by atomic mass is 16.4. The monoisotopic (exact) mass is 254 g/mol. The summed E-state index contributed by atoms with van der Waals surface area (Å²) in [5, 5.41) is 11.2. The average molecular weight is 254 g/mol. The fraction of sp³-hybridized carbons (Fsp3) is 0.200. The molecule has 0 bridgehead atoms. The number of rotatable bonds is 1. The number of hydrogen-bond donors (Lipinski definition) is 1. The lowest BCUT2D eigenvalue weighted by Gasteiger charge is -2.23. The number of hydrogen-bond acceptors (Lipinski definition) is 2. The van der Waals surface area contributed by atoms with E-state index < -0.39 is 6.09 Å². The molecule has 0 unspecified atom stereocenters. The largest absolute Gasteiger partial charge is 0.465 e. The summed E-state index contributed by atoms with van der Waals surface area (Å²) in [6.45, 7) is 0.974. The topological polar surface area (TPSA) is 53.4 Å². The Hall–Kier alpha value is -2.36. The maximum atomic E-state index is 10.9. The molecule has 96 valence electrons. The molecule has 1 aromatic carbocycles. The minimum atomic E-state index is -0.860. The number of carbonyl (C=O) groups is 1. The Balaban J connectivity index is 2.00. The number of carboxylic acid groups (broad SMARTS) is 1. The zero-order valence-electron chi connectivity index (χ0n) is 10.4. The van der Waals surface area contributed by atoms with Crippen LogP contribution in [0.4, 0.5) is 4.79 Å². The Morgan fingerprint density at radius 2 is 2.11 bits per heavy atom. The Morgan fingerprint density at radius 1 is 1.26 bits per heavy atom. The van der Waals surface area contributed by atoms with Crippen LogP contribution >= 0.6 is 0 Å². The molecule has 1 N–H and O–H groups in total. The van der Waals surface area contributed by atoms with Crippen molar-refractivity contribution < 1.29 is 9.90 Å². The van der Waals surface area contributed by atoms with Crippen LogP contribution in [0.25, 0.3) is 16.3 Å². The normalized spacial score (nSPS) is 15.4. The van der Waals surface area contributed by atoms with Crippen LogP contribution in [0.3, 0.4) is 0 Å². The van der Waals surface area contributed by atoms with Crippen LogP contribution in [-0.2, 0) is 0 Å². The first-order valence-corrected chi connectivity index (χ1v) is 6.27. The molecule has 0 radical (unpaired) electrons. The zero-order valence-corrected chi connectivity index (χ0v) is 10.4. The van der Waals surface area contributed by atoms with E-state index in [1.165, 1.54) is 4.90 Å². The molecule has 0 saturated heterocycles. The maximum Gasteiger partial charge on any atom is 0.407 e. The average Bonchev–Trinajstić information content (AvgIpc) is 2.47. The highest BCUT2D eigenvalue weighted by molar-refractivity contribution is 5.92. The van der Waals surface area contributed by atoms with Gasteiger partial charge in [0, 0.05) is 24.7 Å². The quantitative estimate of drug-likeness (QED) is 0.851. The smallest absolute Gasteiger partial charge is 0.407 e.